The van der Waals surface area contributed by atoms with Crippen LogP contribution in [0.2, 0.25) is 0 Å². The lowest BCUT2D eigenvalue weighted by Crippen LogP contribution is -2.48. The van der Waals surface area contributed by atoms with Crippen LogP contribution in [0.25, 0.3) is 0 Å². The fourth-order valence-electron chi connectivity index (χ4n) is 3.17. The third-order valence-corrected chi connectivity index (χ3v) is 4.70. The van der Waals surface area contributed by atoms with Gasteiger partial charge in [-0.2, -0.15) is 10.2 Å². The first kappa shape index (κ1) is 18.1. The number of hydrogen-bond donors (Lipinski definition) is 0. The number of carbonyl (C=O) groups excluding carboxylic acids is 1. The van der Waals surface area contributed by atoms with Crippen LogP contribution in [-0.4, -0.2) is 66.4 Å². The third-order valence-electron chi connectivity index (χ3n) is 4.70. The molecule has 26 heavy (non-hydrogen) atoms. The lowest BCUT2D eigenvalue weighted by molar-refractivity contribution is -0.385. The zero-order valence-electron chi connectivity index (χ0n) is 15.0. The molecule has 1 fully saturated rings. The molecule has 3 rings (SSSR count). The number of piperazine rings is 1. The smallest absolute Gasteiger partial charge is 0.309 e. The van der Waals surface area contributed by atoms with E-state index in [1.165, 1.54) is 16.4 Å². The van der Waals surface area contributed by atoms with E-state index in [9.17, 15) is 14.9 Å². The second-order valence-corrected chi connectivity index (χ2v) is 6.52. The fraction of sp³-hybridized carbons (Fsp3) is 0.562. The van der Waals surface area contributed by atoms with E-state index >= 15 is 0 Å². The van der Waals surface area contributed by atoms with E-state index in [4.69, 9.17) is 0 Å². The fourth-order valence-corrected chi connectivity index (χ4v) is 3.17. The predicted octanol–water partition coefficient (Wildman–Crippen LogP) is 0.568. The van der Waals surface area contributed by atoms with Gasteiger partial charge in [-0.05, 0) is 6.92 Å². The molecule has 0 aromatic carbocycles. The molecular weight excluding hydrogens is 338 g/mol. The van der Waals surface area contributed by atoms with Gasteiger partial charge in [0.25, 0.3) is 0 Å². The first-order valence-corrected chi connectivity index (χ1v) is 8.58. The van der Waals surface area contributed by atoms with Crippen LogP contribution in [0, 0.1) is 17.0 Å². The first-order chi connectivity index (χ1) is 12.4. The summed E-state index contributed by atoms with van der Waals surface area (Å²) in [6.07, 6.45) is 5.39. The van der Waals surface area contributed by atoms with Crippen LogP contribution >= 0.6 is 0 Å². The monoisotopic (exact) mass is 361 g/mol. The highest BCUT2D eigenvalue weighted by Gasteiger charge is 2.22. The standard InChI is InChI=1S/C16H23N7O3/c1-13-15(23(25)26)10-18-22(13)4-3-16(24)21-7-5-20(6-8-21)12-14-9-17-19(2)11-14/h9-11H,3-8,12H2,1-2H3. The highest BCUT2D eigenvalue weighted by molar-refractivity contribution is 5.76. The molecule has 1 saturated heterocycles. The molecular formula is C16H23N7O3. The molecule has 1 aliphatic rings. The molecule has 0 aliphatic carbocycles. The molecule has 0 atom stereocenters. The number of carbonyl (C=O) groups is 1. The van der Waals surface area contributed by atoms with Crippen molar-refractivity contribution in [3.05, 3.63) is 40.0 Å². The zero-order chi connectivity index (χ0) is 18.7. The van der Waals surface area contributed by atoms with Gasteiger partial charge in [0.2, 0.25) is 5.91 Å². The van der Waals surface area contributed by atoms with Crippen LogP contribution in [0.15, 0.2) is 18.6 Å². The molecule has 0 N–H and O–H groups in total. The van der Waals surface area contributed by atoms with Crippen molar-refractivity contribution in [1.29, 1.82) is 0 Å². The second kappa shape index (κ2) is 7.65. The van der Waals surface area contributed by atoms with Crippen molar-refractivity contribution in [3.8, 4) is 0 Å². The van der Waals surface area contributed by atoms with Crippen LogP contribution in [-0.2, 0) is 24.9 Å². The summed E-state index contributed by atoms with van der Waals surface area (Å²) in [6.45, 7) is 5.88. The summed E-state index contributed by atoms with van der Waals surface area (Å²) in [6, 6.07) is 0. The Morgan fingerprint density at radius 1 is 1.23 bits per heavy atom. The van der Waals surface area contributed by atoms with Gasteiger partial charge in [0.15, 0.2) is 0 Å². The summed E-state index contributed by atoms with van der Waals surface area (Å²) in [5.74, 6) is 0.0589. The Bertz CT molecular complexity index is 790. The van der Waals surface area contributed by atoms with E-state index in [0.29, 0.717) is 31.7 Å². The van der Waals surface area contributed by atoms with Gasteiger partial charge in [0.1, 0.15) is 11.9 Å². The van der Waals surface area contributed by atoms with Crippen LogP contribution in [0.5, 0.6) is 0 Å². The lowest BCUT2D eigenvalue weighted by atomic mass is 10.2. The molecule has 0 saturated carbocycles. The Kier molecular flexibility index (Phi) is 5.31. The number of nitrogens with zero attached hydrogens (tertiary/aromatic N) is 7. The van der Waals surface area contributed by atoms with Gasteiger partial charge in [-0.25, -0.2) is 0 Å². The van der Waals surface area contributed by atoms with Gasteiger partial charge in [-0.1, -0.05) is 0 Å². The van der Waals surface area contributed by atoms with E-state index in [2.05, 4.69) is 15.1 Å². The molecule has 0 spiro atoms. The maximum atomic E-state index is 12.4. The van der Waals surface area contributed by atoms with Gasteiger partial charge in [-0.3, -0.25) is 29.2 Å². The molecule has 1 amide bonds. The molecule has 0 unspecified atom stereocenters. The molecule has 10 nitrogen and oxygen atoms in total. The van der Waals surface area contributed by atoms with Crippen molar-refractivity contribution >= 4 is 11.6 Å². The quantitative estimate of drug-likeness (QED) is 0.550. The van der Waals surface area contributed by atoms with Crippen molar-refractivity contribution in [2.45, 2.75) is 26.4 Å². The summed E-state index contributed by atoms with van der Waals surface area (Å²) >= 11 is 0. The molecule has 0 radical (unpaired) electrons. The Balaban J connectivity index is 1.46. The van der Waals surface area contributed by atoms with Crippen molar-refractivity contribution in [3.63, 3.8) is 0 Å². The molecule has 3 heterocycles. The third kappa shape index (κ3) is 4.07. The topological polar surface area (TPSA) is 102 Å². The van der Waals surface area contributed by atoms with Gasteiger partial charge < -0.3 is 4.90 Å². The minimum atomic E-state index is -0.456. The number of hydrogen-bond acceptors (Lipinski definition) is 6. The summed E-state index contributed by atoms with van der Waals surface area (Å²) < 4.78 is 3.31. The van der Waals surface area contributed by atoms with Crippen molar-refractivity contribution in [2.24, 2.45) is 7.05 Å². The van der Waals surface area contributed by atoms with Crippen LogP contribution in [0.4, 0.5) is 5.69 Å². The van der Waals surface area contributed by atoms with Gasteiger partial charge in [0, 0.05) is 58.0 Å². The number of nitro groups is 1. The highest BCUT2D eigenvalue weighted by atomic mass is 16.6. The van der Waals surface area contributed by atoms with Crippen molar-refractivity contribution < 1.29 is 9.72 Å². The molecule has 140 valence electrons. The summed E-state index contributed by atoms with van der Waals surface area (Å²) in [7, 11) is 1.90. The van der Waals surface area contributed by atoms with Crippen molar-refractivity contribution in [2.75, 3.05) is 26.2 Å². The van der Waals surface area contributed by atoms with E-state index in [0.717, 1.165) is 19.6 Å². The number of amides is 1. The molecule has 0 bridgehead atoms. The molecule has 2 aromatic rings. The van der Waals surface area contributed by atoms with Crippen LogP contribution in [0.1, 0.15) is 17.7 Å². The molecule has 2 aromatic heterocycles. The average molecular weight is 361 g/mol. The average Bonchev–Trinajstić information content (AvgIpc) is 3.19. The van der Waals surface area contributed by atoms with E-state index in [1.807, 2.05) is 24.3 Å². The Hall–Kier alpha value is -2.75. The Morgan fingerprint density at radius 3 is 2.54 bits per heavy atom. The summed E-state index contributed by atoms with van der Waals surface area (Å²) in [5, 5.41) is 19.0. The van der Waals surface area contributed by atoms with Gasteiger partial charge in [-0.15, -0.1) is 0 Å². The second-order valence-electron chi connectivity index (χ2n) is 6.52. The Labute approximate surface area is 151 Å². The highest BCUT2D eigenvalue weighted by Crippen LogP contribution is 2.16. The van der Waals surface area contributed by atoms with Crippen molar-refractivity contribution in [1.82, 2.24) is 29.4 Å². The van der Waals surface area contributed by atoms with E-state index in [1.54, 1.807) is 11.6 Å². The van der Waals surface area contributed by atoms with E-state index < -0.39 is 4.92 Å². The summed E-state index contributed by atoms with van der Waals surface area (Å²) in [5.41, 5.74) is 1.63. The molecule has 10 heteroatoms. The minimum absolute atomic E-state index is 0.0125. The molecule has 1 aliphatic heterocycles. The first-order valence-electron chi connectivity index (χ1n) is 8.58. The lowest BCUT2D eigenvalue weighted by Gasteiger charge is -2.34. The number of aromatic nitrogens is 4. The maximum Gasteiger partial charge on any atom is 0.309 e. The van der Waals surface area contributed by atoms with Crippen LogP contribution < -0.4 is 0 Å². The predicted molar refractivity (Wildman–Crippen MR) is 93.3 cm³/mol. The largest absolute Gasteiger partial charge is 0.340 e. The minimum Gasteiger partial charge on any atom is -0.340 e. The Morgan fingerprint density at radius 2 is 1.96 bits per heavy atom. The SMILES string of the molecule is Cc1c([N+](=O)[O-])cnn1CCC(=O)N1CCN(Cc2cnn(C)c2)CC1. The maximum absolute atomic E-state index is 12.4. The summed E-state index contributed by atoms with van der Waals surface area (Å²) in [4.78, 5) is 27.0. The zero-order valence-corrected chi connectivity index (χ0v) is 15.0. The van der Waals surface area contributed by atoms with Gasteiger partial charge in [0.05, 0.1) is 17.7 Å². The van der Waals surface area contributed by atoms with E-state index in [-0.39, 0.29) is 11.6 Å². The normalized spacial score (nSPS) is 15.4. The number of rotatable bonds is 6. The number of aryl methyl sites for hydroxylation is 2. The van der Waals surface area contributed by atoms with Gasteiger partial charge >= 0.3 is 5.69 Å². The van der Waals surface area contributed by atoms with Crippen LogP contribution in [0.3, 0.4) is 0 Å².